The van der Waals surface area contributed by atoms with E-state index in [1.54, 1.807) is 26.2 Å². The highest BCUT2D eigenvalue weighted by Gasteiger charge is 2.17. The second kappa shape index (κ2) is 9.13. The van der Waals surface area contributed by atoms with Crippen molar-refractivity contribution in [2.75, 3.05) is 12.8 Å². The lowest BCUT2D eigenvalue weighted by Gasteiger charge is -2.17. The second-order valence-corrected chi connectivity index (χ2v) is 8.93. The molecule has 3 aromatic rings. The Morgan fingerprint density at radius 1 is 1.30 bits per heavy atom. The van der Waals surface area contributed by atoms with E-state index in [-0.39, 0.29) is 23.0 Å². The standard InChI is InChI=1S/C20H21F2N3O3S2/c1-11-12(2)30-17-16(11)18(27)25(4)20(23-17)29-10-15(26)24(3)9-13-5-7-14(8-6-13)28-19(21)22/h5-8,19H,9-10H2,1-4H3. The van der Waals surface area contributed by atoms with Crippen molar-refractivity contribution < 1.29 is 18.3 Å². The van der Waals surface area contributed by atoms with Crippen LogP contribution in [0.3, 0.4) is 0 Å². The molecule has 0 fully saturated rings. The zero-order valence-corrected chi connectivity index (χ0v) is 18.6. The molecule has 1 aromatic carbocycles. The molecule has 160 valence electrons. The van der Waals surface area contributed by atoms with Gasteiger partial charge in [0.25, 0.3) is 5.56 Å². The minimum Gasteiger partial charge on any atom is -0.435 e. The SMILES string of the molecule is Cc1sc2nc(SCC(=O)N(C)Cc3ccc(OC(F)F)cc3)n(C)c(=O)c2c1C. The van der Waals surface area contributed by atoms with Gasteiger partial charge < -0.3 is 9.64 Å². The number of hydrogen-bond donors (Lipinski definition) is 0. The number of carbonyl (C=O) groups is 1. The molecule has 2 aromatic heterocycles. The smallest absolute Gasteiger partial charge is 0.387 e. The quantitative estimate of drug-likeness (QED) is 0.400. The first-order valence-electron chi connectivity index (χ1n) is 9.04. The summed E-state index contributed by atoms with van der Waals surface area (Å²) in [5, 5.41) is 1.12. The average Bonchev–Trinajstić information content (AvgIpc) is 2.98. The zero-order valence-electron chi connectivity index (χ0n) is 16.9. The fraction of sp³-hybridized carbons (Fsp3) is 0.350. The Kier molecular flexibility index (Phi) is 6.77. The van der Waals surface area contributed by atoms with E-state index in [4.69, 9.17) is 0 Å². The zero-order chi connectivity index (χ0) is 22.0. The Bertz CT molecular complexity index is 1130. The molecule has 6 nitrogen and oxygen atoms in total. The largest absolute Gasteiger partial charge is 0.435 e. The molecule has 2 heterocycles. The van der Waals surface area contributed by atoms with Gasteiger partial charge in [-0.1, -0.05) is 23.9 Å². The van der Waals surface area contributed by atoms with Gasteiger partial charge in [-0.3, -0.25) is 14.2 Å². The molecule has 0 aliphatic heterocycles. The summed E-state index contributed by atoms with van der Waals surface area (Å²) < 4.78 is 30.2. The van der Waals surface area contributed by atoms with Gasteiger partial charge in [0, 0.05) is 25.5 Å². The topological polar surface area (TPSA) is 64.4 Å². The summed E-state index contributed by atoms with van der Waals surface area (Å²) in [5.74, 6) is 0.0542. The number of amides is 1. The minimum atomic E-state index is -2.87. The fourth-order valence-electron chi connectivity index (χ4n) is 2.86. The van der Waals surface area contributed by atoms with E-state index in [2.05, 4.69) is 9.72 Å². The van der Waals surface area contributed by atoms with E-state index < -0.39 is 6.61 Å². The van der Waals surface area contributed by atoms with Crippen LogP contribution in [0.25, 0.3) is 10.2 Å². The number of alkyl halides is 2. The fourth-order valence-corrected chi connectivity index (χ4v) is 4.84. The van der Waals surface area contributed by atoms with Gasteiger partial charge in [0.05, 0.1) is 11.1 Å². The summed E-state index contributed by atoms with van der Waals surface area (Å²) in [7, 11) is 3.31. The Hall–Kier alpha value is -2.46. The van der Waals surface area contributed by atoms with Crippen molar-refractivity contribution >= 4 is 39.2 Å². The number of rotatable bonds is 7. The molecule has 0 aliphatic carbocycles. The van der Waals surface area contributed by atoms with Crippen LogP contribution < -0.4 is 10.3 Å². The van der Waals surface area contributed by atoms with Gasteiger partial charge in [-0.2, -0.15) is 8.78 Å². The lowest BCUT2D eigenvalue weighted by atomic mass is 10.2. The van der Waals surface area contributed by atoms with Crippen molar-refractivity contribution in [3.63, 3.8) is 0 Å². The number of hydrogen-bond acceptors (Lipinski definition) is 6. The molecule has 0 saturated carbocycles. The number of thioether (sulfide) groups is 1. The van der Waals surface area contributed by atoms with Crippen LogP contribution in [0.1, 0.15) is 16.0 Å². The molecular weight excluding hydrogens is 432 g/mol. The molecule has 0 bridgehead atoms. The second-order valence-electron chi connectivity index (χ2n) is 6.78. The molecule has 0 atom stereocenters. The van der Waals surface area contributed by atoms with Crippen molar-refractivity contribution in [1.82, 2.24) is 14.5 Å². The van der Waals surface area contributed by atoms with Crippen molar-refractivity contribution in [2.24, 2.45) is 7.05 Å². The Balaban J connectivity index is 1.65. The number of aromatic nitrogens is 2. The number of fused-ring (bicyclic) bond motifs is 1. The number of halogens is 2. The van der Waals surface area contributed by atoms with Crippen molar-refractivity contribution in [3.05, 3.63) is 50.6 Å². The predicted molar refractivity (Wildman–Crippen MR) is 115 cm³/mol. The lowest BCUT2D eigenvalue weighted by molar-refractivity contribution is -0.127. The van der Waals surface area contributed by atoms with E-state index in [1.165, 1.54) is 44.7 Å². The molecule has 0 spiro atoms. The summed E-state index contributed by atoms with van der Waals surface area (Å²) in [6, 6.07) is 6.15. The van der Waals surface area contributed by atoms with Crippen LogP contribution >= 0.6 is 23.1 Å². The first-order chi connectivity index (χ1) is 14.2. The molecule has 0 radical (unpaired) electrons. The van der Waals surface area contributed by atoms with Crippen molar-refractivity contribution in [2.45, 2.75) is 32.2 Å². The van der Waals surface area contributed by atoms with Gasteiger partial charge >= 0.3 is 6.61 Å². The Morgan fingerprint density at radius 3 is 2.60 bits per heavy atom. The van der Waals surface area contributed by atoms with Crippen molar-refractivity contribution in [3.8, 4) is 5.75 Å². The molecular formula is C20H21F2N3O3S2. The number of nitrogens with zero attached hydrogens (tertiary/aromatic N) is 3. The van der Waals surface area contributed by atoms with Crippen LogP contribution in [-0.4, -0.2) is 39.8 Å². The van der Waals surface area contributed by atoms with Gasteiger partial charge in [-0.15, -0.1) is 11.3 Å². The van der Waals surface area contributed by atoms with Crippen LogP contribution in [0, 0.1) is 13.8 Å². The number of benzene rings is 1. The van der Waals surface area contributed by atoms with E-state index in [9.17, 15) is 18.4 Å². The highest BCUT2D eigenvalue weighted by Crippen LogP contribution is 2.28. The van der Waals surface area contributed by atoms with E-state index >= 15 is 0 Å². The van der Waals surface area contributed by atoms with Crippen LogP contribution in [0.2, 0.25) is 0 Å². The first-order valence-corrected chi connectivity index (χ1v) is 10.8. The van der Waals surface area contributed by atoms with E-state index in [0.717, 1.165) is 16.0 Å². The third-order valence-electron chi connectivity index (χ3n) is 4.69. The molecule has 0 N–H and O–H groups in total. The van der Waals surface area contributed by atoms with Crippen LogP contribution in [0.5, 0.6) is 5.75 Å². The van der Waals surface area contributed by atoms with Crippen LogP contribution in [0.15, 0.2) is 34.2 Å². The predicted octanol–water partition coefficient (Wildman–Crippen LogP) is 3.96. The molecule has 0 aliphatic rings. The van der Waals surface area contributed by atoms with Gasteiger partial charge in [-0.05, 0) is 37.1 Å². The minimum absolute atomic E-state index is 0.0692. The number of carbonyl (C=O) groups excluding carboxylic acids is 1. The summed E-state index contributed by atoms with van der Waals surface area (Å²) in [6.45, 7) is 1.32. The normalized spacial score (nSPS) is 11.3. The van der Waals surface area contributed by atoms with E-state index in [1.807, 2.05) is 13.8 Å². The van der Waals surface area contributed by atoms with Gasteiger partial charge in [0.15, 0.2) is 5.16 Å². The maximum Gasteiger partial charge on any atom is 0.387 e. The average molecular weight is 454 g/mol. The number of aryl methyl sites for hydroxylation is 2. The summed E-state index contributed by atoms with van der Waals surface area (Å²) >= 11 is 2.68. The molecule has 3 rings (SSSR count). The molecule has 30 heavy (non-hydrogen) atoms. The van der Waals surface area contributed by atoms with Gasteiger partial charge in [0.2, 0.25) is 5.91 Å². The third-order valence-corrected chi connectivity index (χ3v) is 6.80. The summed E-state index contributed by atoms with van der Waals surface area (Å²) in [6.07, 6.45) is 0. The monoisotopic (exact) mass is 453 g/mol. The van der Waals surface area contributed by atoms with Gasteiger partial charge in [0.1, 0.15) is 10.6 Å². The first kappa shape index (κ1) is 22.2. The number of thiophene rings is 1. The lowest BCUT2D eigenvalue weighted by Crippen LogP contribution is -2.28. The molecule has 0 unspecified atom stereocenters. The highest BCUT2D eigenvalue weighted by atomic mass is 32.2. The van der Waals surface area contributed by atoms with Crippen LogP contribution in [-0.2, 0) is 18.4 Å². The van der Waals surface area contributed by atoms with Crippen LogP contribution in [0.4, 0.5) is 8.78 Å². The summed E-state index contributed by atoms with van der Waals surface area (Å²) in [5.41, 5.74) is 1.62. The number of ether oxygens (including phenoxy) is 1. The Morgan fingerprint density at radius 2 is 1.97 bits per heavy atom. The molecule has 1 amide bonds. The Labute approximate surface area is 180 Å². The molecule has 10 heteroatoms. The summed E-state index contributed by atoms with van der Waals surface area (Å²) in [4.78, 5) is 33.0. The van der Waals surface area contributed by atoms with Crippen molar-refractivity contribution in [1.29, 1.82) is 0 Å². The third kappa shape index (κ3) is 4.81. The van der Waals surface area contributed by atoms with Gasteiger partial charge in [-0.25, -0.2) is 4.98 Å². The highest BCUT2D eigenvalue weighted by molar-refractivity contribution is 7.99. The van der Waals surface area contributed by atoms with E-state index in [0.29, 0.717) is 21.9 Å². The molecule has 0 saturated heterocycles. The maximum atomic E-state index is 12.7. The maximum absolute atomic E-state index is 12.7.